The van der Waals surface area contributed by atoms with E-state index in [1.165, 1.54) is 46.9 Å². The quantitative estimate of drug-likeness (QED) is 0.178. The highest BCUT2D eigenvalue weighted by molar-refractivity contribution is 7.95. The molecule has 0 unspecified atom stereocenters. The molecule has 2 heterocycles. The van der Waals surface area contributed by atoms with E-state index in [9.17, 15) is 19.7 Å². The number of hydrogen-bond acceptors (Lipinski definition) is 8. The Balaban J connectivity index is 1.47. The largest absolute Gasteiger partial charge is 0.352 e. The summed E-state index contributed by atoms with van der Waals surface area (Å²) in [6, 6.07) is 5.46. The van der Waals surface area contributed by atoms with E-state index in [-0.39, 0.29) is 17.5 Å². The lowest BCUT2D eigenvalue weighted by Gasteiger charge is -2.03. The second-order valence-corrected chi connectivity index (χ2v) is 11.5. The van der Waals surface area contributed by atoms with Crippen LogP contribution in [0.4, 0.5) is 5.69 Å². The molecule has 2 aromatic heterocycles. The van der Waals surface area contributed by atoms with Crippen molar-refractivity contribution in [1.29, 1.82) is 0 Å². The molecule has 0 aliphatic carbocycles. The molecular weight excluding hydrogens is 482 g/mol. The Labute approximate surface area is 202 Å². The number of amides is 2. The van der Waals surface area contributed by atoms with Crippen LogP contribution >= 0.6 is 22.7 Å². The maximum absolute atomic E-state index is 12.3. The van der Waals surface area contributed by atoms with Gasteiger partial charge in [-0.15, -0.1) is 22.7 Å². The summed E-state index contributed by atoms with van der Waals surface area (Å²) in [7, 11) is 0.371. The second kappa shape index (κ2) is 11.9. The number of rotatable bonds is 11. The van der Waals surface area contributed by atoms with Gasteiger partial charge in [0.1, 0.15) is 22.1 Å². The summed E-state index contributed by atoms with van der Waals surface area (Å²) in [5, 5.41) is 21.5. The number of nitrogens with zero attached hydrogens (tertiary/aromatic N) is 3. The fourth-order valence-corrected chi connectivity index (χ4v) is 5.13. The van der Waals surface area contributed by atoms with Crippen LogP contribution in [0.3, 0.4) is 0 Å². The molecule has 174 valence electrons. The van der Waals surface area contributed by atoms with Crippen molar-refractivity contribution in [3.63, 3.8) is 0 Å². The van der Waals surface area contributed by atoms with Crippen LogP contribution in [0.25, 0.3) is 10.7 Å². The van der Waals surface area contributed by atoms with Gasteiger partial charge in [0.15, 0.2) is 0 Å². The fraction of sp³-hybridized carbons (Fsp3) is 0.333. The predicted molar refractivity (Wildman–Crippen MR) is 133 cm³/mol. The molecule has 0 aliphatic heterocycles. The summed E-state index contributed by atoms with van der Waals surface area (Å²) in [4.78, 5) is 43.6. The summed E-state index contributed by atoms with van der Waals surface area (Å²) in [5.41, 5.74) is 1.41. The summed E-state index contributed by atoms with van der Waals surface area (Å²) in [5.74, 6) is 0.624. The van der Waals surface area contributed by atoms with E-state index in [0.29, 0.717) is 52.4 Å². The van der Waals surface area contributed by atoms with E-state index >= 15 is 0 Å². The first kappa shape index (κ1) is 24.8. The van der Waals surface area contributed by atoms with Crippen LogP contribution in [0.2, 0.25) is 0 Å². The number of nitro groups is 1. The van der Waals surface area contributed by atoms with E-state index in [0.717, 1.165) is 17.2 Å². The number of aromatic nitrogens is 2. The van der Waals surface area contributed by atoms with Gasteiger partial charge < -0.3 is 10.6 Å². The highest BCUT2D eigenvalue weighted by Gasteiger charge is 2.15. The molecule has 0 radical (unpaired) electrons. The standard InChI is InChI=1S/C21H23N5O4S3/c1-33(2)11-3-9-22-20(28)16-12-32-21(25-16)17-13-31-18(24-17)8-10-23-19(27)14-4-6-15(7-5-14)26(29)30/h4-7,12-13H,3,8-11H2,1-2H3,(H-,22,23,27,28)/p+1. The van der Waals surface area contributed by atoms with Crippen molar-refractivity contribution in [3.05, 3.63) is 61.4 Å². The van der Waals surface area contributed by atoms with Gasteiger partial charge >= 0.3 is 0 Å². The third-order valence-corrected chi connectivity index (χ3v) is 7.37. The van der Waals surface area contributed by atoms with Gasteiger partial charge in [-0.05, 0) is 23.0 Å². The lowest BCUT2D eigenvalue weighted by Crippen LogP contribution is -2.26. The first-order chi connectivity index (χ1) is 15.8. The number of carbonyl (C=O) groups is 2. The number of non-ortho nitro benzene ring substituents is 1. The number of hydrogen-bond donors (Lipinski definition) is 2. The van der Waals surface area contributed by atoms with E-state index in [2.05, 4.69) is 33.1 Å². The average Bonchev–Trinajstić information content (AvgIpc) is 3.46. The lowest BCUT2D eigenvalue weighted by molar-refractivity contribution is -0.384. The Morgan fingerprint density at radius 2 is 1.76 bits per heavy atom. The average molecular weight is 507 g/mol. The monoisotopic (exact) mass is 506 g/mol. The number of thiazole rings is 2. The summed E-state index contributed by atoms with van der Waals surface area (Å²) in [6.07, 6.45) is 5.86. The van der Waals surface area contributed by atoms with Gasteiger partial charge in [0.05, 0.1) is 22.4 Å². The van der Waals surface area contributed by atoms with E-state index in [4.69, 9.17) is 0 Å². The Morgan fingerprint density at radius 1 is 1.03 bits per heavy atom. The molecule has 12 heteroatoms. The molecule has 3 rings (SSSR count). The number of nitro benzene ring substituents is 1. The Kier molecular flexibility index (Phi) is 8.92. The highest BCUT2D eigenvalue weighted by Crippen LogP contribution is 2.25. The molecule has 2 amide bonds. The molecule has 3 aromatic rings. The molecule has 9 nitrogen and oxygen atoms in total. The third-order valence-electron chi connectivity index (χ3n) is 4.49. The van der Waals surface area contributed by atoms with Crippen LogP contribution in [-0.4, -0.2) is 58.1 Å². The van der Waals surface area contributed by atoms with Crippen LogP contribution in [0.1, 0.15) is 32.3 Å². The molecule has 0 aliphatic rings. The molecule has 0 bridgehead atoms. The fourth-order valence-electron chi connectivity index (χ4n) is 2.79. The van der Waals surface area contributed by atoms with Crippen molar-refractivity contribution in [3.8, 4) is 10.7 Å². The third kappa shape index (κ3) is 7.34. The smallest absolute Gasteiger partial charge is 0.270 e. The topological polar surface area (TPSA) is 127 Å². The molecule has 2 N–H and O–H groups in total. The molecule has 0 atom stereocenters. The minimum Gasteiger partial charge on any atom is -0.352 e. The molecule has 1 aromatic carbocycles. The van der Waals surface area contributed by atoms with Gasteiger partial charge in [-0.25, -0.2) is 9.97 Å². The van der Waals surface area contributed by atoms with Crippen LogP contribution in [0, 0.1) is 10.1 Å². The van der Waals surface area contributed by atoms with Gasteiger partial charge in [0.25, 0.3) is 17.5 Å². The van der Waals surface area contributed by atoms with Gasteiger partial charge in [0.2, 0.25) is 0 Å². The van der Waals surface area contributed by atoms with Crippen LogP contribution in [-0.2, 0) is 17.3 Å². The summed E-state index contributed by atoms with van der Waals surface area (Å²) >= 11 is 2.84. The van der Waals surface area contributed by atoms with Crippen molar-refractivity contribution in [2.24, 2.45) is 0 Å². The maximum atomic E-state index is 12.3. The predicted octanol–water partition coefficient (Wildman–Crippen LogP) is 3.15. The SMILES string of the molecule is C[S+](C)CCCNC(=O)c1csc(-c2csc(CCNC(=O)c3ccc([N+](=O)[O-])cc3)n2)n1. The molecule has 0 fully saturated rings. The molecule has 0 saturated heterocycles. The summed E-state index contributed by atoms with van der Waals surface area (Å²) in [6.45, 7) is 1.02. The van der Waals surface area contributed by atoms with Crippen LogP contribution in [0.15, 0.2) is 35.0 Å². The van der Waals surface area contributed by atoms with E-state index in [1.807, 2.05) is 5.38 Å². The van der Waals surface area contributed by atoms with E-state index in [1.54, 1.807) is 5.38 Å². The van der Waals surface area contributed by atoms with Crippen molar-refractivity contribution >= 4 is 51.1 Å². The Bertz CT molecular complexity index is 1110. The minimum absolute atomic E-state index is 0.0592. The molecular formula is C21H24N5O4S3+. The van der Waals surface area contributed by atoms with Crippen molar-refractivity contribution < 1.29 is 14.5 Å². The van der Waals surface area contributed by atoms with Crippen LogP contribution in [0.5, 0.6) is 0 Å². The van der Waals surface area contributed by atoms with Crippen LogP contribution < -0.4 is 10.6 Å². The highest BCUT2D eigenvalue weighted by atomic mass is 32.2. The maximum Gasteiger partial charge on any atom is 0.270 e. The molecule has 0 spiro atoms. The van der Waals surface area contributed by atoms with E-state index < -0.39 is 4.92 Å². The van der Waals surface area contributed by atoms with Crippen molar-refractivity contribution in [2.75, 3.05) is 31.4 Å². The normalized spacial score (nSPS) is 10.9. The summed E-state index contributed by atoms with van der Waals surface area (Å²) < 4.78 is 0. The number of carbonyl (C=O) groups excluding carboxylic acids is 2. The number of benzene rings is 1. The van der Waals surface area contributed by atoms with Crippen molar-refractivity contribution in [1.82, 2.24) is 20.6 Å². The van der Waals surface area contributed by atoms with Gasteiger partial charge in [-0.1, -0.05) is 0 Å². The molecule has 0 saturated carbocycles. The zero-order chi connectivity index (χ0) is 23.8. The van der Waals surface area contributed by atoms with Gasteiger partial charge in [-0.3, -0.25) is 19.7 Å². The first-order valence-corrected chi connectivity index (χ1v) is 14.1. The second-order valence-electron chi connectivity index (χ2n) is 7.27. The lowest BCUT2D eigenvalue weighted by atomic mass is 10.2. The zero-order valence-corrected chi connectivity index (χ0v) is 20.6. The van der Waals surface area contributed by atoms with Crippen molar-refractivity contribution in [2.45, 2.75) is 12.8 Å². The minimum atomic E-state index is -0.506. The Hall–Kier alpha value is -2.83. The van der Waals surface area contributed by atoms with Gasteiger partial charge in [0, 0.05) is 54.4 Å². The molecule has 33 heavy (non-hydrogen) atoms. The first-order valence-electron chi connectivity index (χ1n) is 10.1. The zero-order valence-electron chi connectivity index (χ0n) is 18.2. The number of nitrogens with one attached hydrogen (secondary N) is 2. The Morgan fingerprint density at radius 3 is 2.45 bits per heavy atom. The van der Waals surface area contributed by atoms with Gasteiger partial charge in [-0.2, -0.15) is 0 Å².